The molecule has 0 aliphatic heterocycles. The zero-order chi connectivity index (χ0) is 14.4. The third-order valence-corrected chi connectivity index (χ3v) is 5.04. The van der Waals surface area contributed by atoms with Gasteiger partial charge in [0.25, 0.3) is 0 Å². The van der Waals surface area contributed by atoms with E-state index in [-0.39, 0.29) is 0 Å². The maximum Gasteiger partial charge on any atom is 0.0281 e. The second-order valence-corrected chi connectivity index (χ2v) is 6.49. The molecule has 0 saturated carbocycles. The second-order valence-electron chi connectivity index (χ2n) is 5.64. The van der Waals surface area contributed by atoms with Crippen molar-refractivity contribution in [2.45, 2.75) is 12.8 Å². The van der Waals surface area contributed by atoms with Gasteiger partial charge in [-0.15, -0.1) is 0 Å². The Morgan fingerprint density at radius 3 is 2.67 bits per heavy atom. The van der Waals surface area contributed by atoms with E-state index in [0.717, 1.165) is 4.47 Å². The summed E-state index contributed by atoms with van der Waals surface area (Å²) in [5.74, 6) is 0.379. The lowest BCUT2D eigenvalue weighted by atomic mass is 9.88. The van der Waals surface area contributed by atoms with Gasteiger partial charge in [-0.05, 0) is 58.1 Å². The number of rotatable bonds is 1. The SMILES string of the molecule is Cc1cc2c(Br)cccc2cc1C1C=Cc2ccccc21. The van der Waals surface area contributed by atoms with Gasteiger partial charge in [0.2, 0.25) is 0 Å². The highest BCUT2D eigenvalue weighted by molar-refractivity contribution is 9.10. The van der Waals surface area contributed by atoms with E-state index < -0.39 is 0 Å². The molecular weight excluding hydrogens is 320 g/mol. The Labute approximate surface area is 133 Å². The minimum atomic E-state index is 0.379. The van der Waals surface area contributed by atoms with Crippen LogP contribution in [0.4, 0.5) is 0 Å². The van der Waals surface area contributed by atoms with E-state index in [0.29, 0.717) is 5.92 Å². The summed E-state index contributed by atoms with van der Waals surface area (Å²) in [5, 5.41) is 2.58. The molecule has 0 N–H and O–H groups in total. The first-order valence-corrected chi connectivity index (χ1v) is 7.99. The first-order chi connectivity index (χ1) is 10.2. The van der Waals surface area contributed by atoms with Crippen LogP contribution < -0.4 is 0 Å². The van der Waals surface area contributed by atoms with Gasteiger partial charge in [0, 0.05) is 10.4 Å². The summed E-state index contributed by atoms with van der Waals surface area (Å²) < 4.78 is 1.16. The van der Waals surface area contributed by atoms with E-state index in [1.54, 1.807) is 0 Å². The van der Waals surface area contributed by atoms with Crippen LogP contribution in [0.25, 0.3) is 16.8 Å². The van der Waals surface area contributed by atoms with Crippen molar-refractivity contribution in [2.24, 2.45) is 0 Å². The van der Waals surface area contributed by atoms with Crippen LogP contribution in [-0.2, 0) is 0 Å². The molecule has 0 fully saturated rings. The normalized spacial score (nSPS) is 16.4. The zero-order valence-electron chi connectivity index (χ0n) is 11.8. The van der Waals surface area contributed by atoms with E-state index in [1.165, 1.54) is 33.0 Å². The van der Waals surface area contributed by atoms with Crippen LogP contribution in [0.2, 0.25) is 0 Å². The fraction of sp³-hybridized carbons (Fsp3) is 0.100. The molecule has 1 atom stereocenters. The highest BCUT2D eigenvalue weighted by atomic mass is 79.9. The van der Waals surface area contributed by atoms with Crippen LogP contribution in [0, 0.1) is 6.92 Å². The third-order valence-electron chi connectivity index (χ3n) is 4.35. The Morgan fingerprint density at radius 2 is 1.76 bits per heavy atom. The lowest BCUT2D eigenvalue weighted by Gasteiger charge is -2.16. The summed E-state index contributed by atoms with van der Waals surface area (Å²) in [6.45, 7) is 2.21. The van der Waals surface area contributed by atoms with Crippen molar-refractivity contribution in [1.82, 2.24) is 0 Å². The Kier molecular flexibility index (Phi) is 2.97. The quantitative estimate of drug-likeness (QED) is 0.506. The maximum atomic E-state index is 3.65. The van der Waals surface area contributed by atoms with Crippen molar-refractivity contribution in [3.63, 3.8) is 0 Å². The van der Waals surface area contributed by atoms with Crippen LogP contribution in [0.5, 0.6) is 0 Å². The average molecular weight is 335 g/mol. The number of allylic oxidation sites excluding steroid dienone is 1. The molecule has 4 rings (SSSR count). The fourth-order valence-corrected chi connectivity index (χ4v) is 3.76. The van der Waals surface area contributed by atoms with Crippen LogP contribution in [0.15, 0.2) is 65.1 Å². The van der Waals surface area contributed by atoms with Crippen LogP contribution in [-0.4, -0.2) is 0 Å². The smallest absolute Gasteiger partial charge is 0.0281 e. The molecule has 0 spiro atoms. The van der Waals surface area contributed by atoms with Crippen LogP contribution in [0.3, 0.4) is 0 Å². The van der Waals surface area contributed by atoms with Gasteiger partial charge in [-0.3, -0.25) is 0 Å². The molecule has 0 bridgehead atoms. The number of fused-ring (bicyclic) bond motifs is 2. The second kappa shape index (κ2) is 4.85. The molecule has 1 aliphatic carbocycles. The average Bonchev–Trinajstić information content (AvgIpc) is 2.92. The molecule has 0 heterocycles. The van der Waals surface area contributed by atoms with Crippen molar-refractivity contribution >= 4 is 32.8 Å². The first-order valence-electron chi connectivity index (χ1n) is 7.20. The van der Waals surface area contributed by atoms with Crippen molar-refractivity contribution < 1.29 is 0 Å². The van der Waals surface area contributed by atoms with Gasteiger partial charge in [0.05, 0.1) is 0 Å². The highest BCUT2D eigenvalue weighted by Crippen LogP contribution is 2.38. The molecule has 0 amide bonds. The monoisotopic (exact) mass is 334 g/mol. The van der Waals surface area contributed by atoms with Crippen molar-refractivity contribution in [2.75, 3.05) is 0 Å². The van der Waals surface area contributed by atoms with Gasteiger partial charge in [-0.2, -0.15) is 0 Å². The molecular formula is C20H15Br. The lowest BCUT2D eigenvalue weighted by molar-refractivity contribution is 1.03. The summed E-state index contributed by atoms with van der Waals surface area (Å²) in [6.07, 6.45) is 4.56. The highest BCUT2D eigenvalue weighted by Gasteiger charge is 2.20. The Balaban J connectivity index is 1.93. The number of benzene rings is 3. The number of halogens is 1. The zero-order valence-corrected chi connectivity index (χ0v) is 13.4. The number of hydrogen-bond acceptors (Lipinski definition) is 0. The predicted molar refractivity (Wildman–Crippen MR) is 93.7 cm³/mol. The summed E-state index contributed by atoms with van der Waals surface area (Å²) in [6, 6.07) is 19.7. The summed E-state index contributed by atoms with van der Waals surface area (Å²) in [7, 11) is 0. The van der Waals surface area contributed by atoms with Crippen molar-refractivity contribution in [1.29, 1.82) is 0 Å². The molecule has 0 saturated heterocycles. The predicted octanol–water partition coefficient (Wildman–Crippen LogP) is 6.07. The van der Waals surface area contributed by atoms with E-state index in [2.05, 4.69) is 89.6 Å². The van der Waals surface area contributed by atoms with Crippen molar-refractivity contribution in [3.8, 4) is 0 Å². The molecule has 1 aliphatic rings. The van der Waals surface area contributed by atoms with E-state index >= 15 is 0 Å². The van der Waals surface area contributed by atoms with Gasteiger partial charge >= 0.3 is 0 Å². The van der Waals surface area contributed by atoms with Gasteiger partial charge in [-0.1, -0.05) is 64.5 Å². The minimum Gasteiger partial charge on any atom is -0.0720 e. The van der Waals surface area contributed by atoms with Gasteiger partial charge in [0.15, 0.2) is 0 Å². The molecule has 0 aromatic heterocycles. The molecule has 3 aromatic rings. The van der Waals surface area contributed by atoms with E-state index in [9.17, 15) is 0 Å². The summed E-state index contributed by atoms with van der Waals surface area (Å²) in [5.41, 5.74) is 5.51. The lowest BCUT2D eigenvalue weighted by Crippen LogP contribution is -1.99. The van der Waals surface area contributed by atoms with Gasteiger partial charge < -0.3 is 0 Å². The van der Waals surface area contributed by atoms with E-state index in [4.69, 9.17) is 0 Å². The van der Waals surface area contributed by atoms with Crippen molar-refractivity contribution in [3.05, 3.63) is 87.4 Å². The minimum absolute atomic E-state index is 0.379. The summed E-state index contributed by atoms with van der Waals surface area (Å²) in [4.78, 5) is 0. The topological polar surface area (TPSA) is 0 Å². The summed E-state index contributed by atoms with van der Waals surface area (Å²) >= 11 is 3.65. The first kappa shape index (κ1) is 12.8. The molecule has 1 unspecified atom stereocenters. The van der Waals surface area contributed by atoms with E-state index in [1.807, 2.05) is 0 Å². The van der Waals surface area contributed by atoms with Gasteiger partial charge in [-0.25, -0.2) is 0 Å². The Hall–Kier alpha value is -1.86. The fourth-order valence-electron chi connectivity index (χ4n) is 3.27. The largest absolute Gasteiger partial charge is 0.0720 e. The maximum absolute atomic E-state index is 3.65. The number of aryl methyl sites for hydroxylation is 1. The van der Waals surface area contributed by atoms with Crippen LogP contribution in [0.1, 0.15) is 28.2 Å². The number of hydrogen-bond donors (Lipinski definition) is 0. The molecule has 3 aromatic carbocycles. The molecule has 0 nitrogen and oxygen atoms in total. The molecule has 102 valence electrons. The molecule has 0 radical (unpaired) electrons. The third kappa shape index (κ3) is 2.04. The van der Waals surface area contributed by atoms with Gasteiger partial charge in [0.1, 0.15) is 0 Å². The Morgan fingerprint density at radius 1 is 0.905 bits per heavy atom. The Bertz CT molecular complexity index is 874. The standard InChI is InChI=1S/C20H15Br/c1-13-11-19-15(6-4-8-20(19)21)12-18(13)17-10-9-14-5-2-3-7-16(14)17/h2-12,17H,1H3. The van der Waals surface area contributed by atoms with Crippen LogP contribution >= 0.6 is 15.9 Å². The molecule has 21 heavy (non-hydrogen) atoms. The molecule has 1 heteroatoms.